The van der Waals surface area contributed by atoms with Gasteiger partial charge in [-0.25, -0.2) is 4.79 Å². The summed E-state index contributed by atoms with van der Waals surface area (Å²) in [5.41, 5.74) is 0. The van der Waals surface area contributed by atoms with Crippen LogP contribution in [0.25, 0.3) is 0 Å². The summed E-state index contributed by atoms with van der Waals surface area (Å²) in [6, 6.07) is 2.74. The van der Waals surface area contributed by atoms with Gasteiger partial charge >= 0.3 is 6.03 Å². The Labute approximate surface area is 152 Å². The minimum Gasteiger partial charge on any atom is -0.467 e. The lowest BCUT2D eigenvalue weighted by Gasteiger charge is -2.29. The van der Waals surface area contributed by atoms with Gasteiger partial charge < -0.3 is 24.3 Å². The molecule has 0 unspecified atom stereocenters. The summed E-state index contributed by atoms with van der Waals surface area (Å²) in [4.78, 5) is 17.0. The SMILES string of the molecule is CC(C)c1noc([C@@H](NC(=O)N[C@H](C)c2ccco2)C2CCOCC2)n1. The molecule has 1 aliphatic rings. The van der Waals surface area contributed by atoms with Crippen LogP contribution in [0.1, 0.15) is 69.1 Å². The number of amides is 2. The molecule has 1 aliphatic heterocycles. The molecule has 2 atom stereocenters. The molecule has 26 heavy (non-hydrogen) atoms. The molecule has 2 aromatic rings. The number of carbonyl (C=O) groups is 1. The summed E-state index contributed by atoms with van der Waals surface area (Å²) < 4.78 is 16.2. The van der Waals surface area contributed by atoms with Crippen molar-refractivity contribution in [2.45, 2.75) is 51.6 Å². The Bertz CT molecular complexity index is 692. The van der Waals surface area contributed by atoms with Crippen molar-refractivity contribution in [1.82, 2.24) is 20.8 Å². The molecule has 0 spiro atoms. The quantitative estimate of drug-likeness (QED) is 0.817. The van der Waals surface area contributed by atoms with Crippen molar-refractivity contribution in [3.05, 3.63) is 35.9 Å². The molecule has 8 nitrogen and oxygen atoms in total. The Balaban J connectivity index is 1.71. The molecular formula is C18H26N4O4. The average Bonchev–Trinajstić information content (AvgIpc) is 3.32. The van der Waals surface area contributed by atoms with E-state index in [0.29, 0.717) is 30.7 Å². The number of hydrogen-bond donors (Lipinski definition) is 2. The molecular weight excluding hydrogens is 336 g/mol. The van der Waals surface area contributed by atoms with Crippen LogP contribution in [-0.4, -0.2) is 29.4 Å². The minimum absolute atomic E-state index is 0.163. The van der Waals surface area contributed by atoms with Crippen molar-refractivity contribution in [2.75, 3.05) is 13.2 Å². The number of furan rings is 1. The number of urea groups is 1. The first-order chi connectivity index (χ1) is 12.5. The van der Waals surface area contributed by atoms with E-state index >= 15 is 0 Å². The number of carbonyl (C=O) groups excluding carboxylic acids is 1. The molecule has 2 amide bonds. The summed E-state index contributed by atoms with van der Waals surface area (Å²) in [5.74, 6) is 2.14. The molecule has 2 N–H and O–H groups in total. The first-order valence-electron chi connectivity index (χ1n) is 9.06. The zero-order valence-corrected chi connectivity index (χ0v) is 15.4. The molecule has 3 heterocycles. The van der Waals surface area contributed by atoms with Crippen molar-refractivity contribution < 1.29 is 18.5 Å². The third-order valence-electron chi connectivity index (χ3n) is 4.58. The van der Waals surface area contributed by atoms with Gasteiger partial charge in [0.25, 0.3) is 0 Å². The molecule has 1 fully saturated rings. The number of nitrogens with one attached hydrogen (secondary N) is 2. The maximum atomic E-state index is 12.5. The van der Waals surface area contributed by atoms with Gasteiger partial charge in [-0.15, -0.1) is 0 Å². The monoisotopic (exact) mass is 362 g/mol. The van der Waals surface area contributed by atoms with Gasteiger partial charge in [0.15, 0.2) is 5.82 Å². The van der Waals surface area contributed by atoms with E-state index in [0.717, 1.165) is 12.8 Å². The molecule has 2 aromatic heterocycles. The van der Waals surface area contributed by atoms with Crippen LogP contribution in [0.15, 0.2) is 27.3 Å². The molecule has 142 valence electrons. The van der Waals surface area contributed by atoms with Crippen molar-refractivity contribution in [3.63, 3.8) is 0 Å². The van der Waals surface area contributed by atoms with Crippen LogP contribution in [0.4, 0.5) is 4.79 Å². The predicted octanol–water partition coefficient (Wildman–Crippen LogP) is 3.31. The van der Waals surface area contributed by atoms with Crippen molar-refractivity contribution >= 4 is 6.03 Å². The predicted molar refractivity (Wildman–Crippen MR) is 93.5 cm³/mol. The Morgan fingerprint density at radius 2 is 2.00 bits per heavy atom. The van der Waals surface area contributed by atoms with E-state index < -0.39 is 0 Å². The lowest BCUT2D eigenvalue weighted by atomic mass is 9.91. The van der Waals surface area contributed by atoms with Crippen LogP contribution in [-0.2, 0) is 4.74 Å². The lowest BCUT2D eigenvalue weighted by molar-refractivity contribution is 0.0502. The van der Waals surface area contributed by atoms with Crippen LogP contribution in [0.2, 0.25) is 0 Å². The highest BCUT2D eigenvalue weighted by Crippen LogP contribution is 2.30. The van der Waals surface area contributed by atoms with Gasteiger partial charge in [-0.1, -0.05) is 19.0 Å². The van der Waals surface area contributed by atoms with Crippen LogP contribution in [0.3, 0.4) is 0 Å². The maximum Gasteiger partial charge on any atom is 0.316 e. The van der Waals surface area contributed by atoms with Gasteiger partial charge in [0, 0.05) is 19.1 Å². The Hall–Kier alpha value is -2.35. The number of rotatable bonds is 6. The summed E-state index contributed by atoms with van der Waals surface area (Å²) >= 11 is 0. The largest absolute Gasteiger partial charge is 0.467 e. The topological polar surface area (TPSA) is 102 Å². The number of ether oxygens (including phenoxy) is 1. The first-order valence-corrected chi connectivity index (χ1v) is 9.06. The molecule has 0 radical (unpaired) electrons. The third-order valence-corrected chi connectivity index (χ3v) is 4.58. The Morgan fingerprint density at radius 3 is 2.62 bits per heavy atom. The fraction of sp³-hybridized carbons (Fsp3) is 0.611. The smallest absolute Gasteiger partial charge is 0.316 e. The molecule has 1 saturated heterocycles. The summed E-state index contributed by atoms with van der Waals surface area (Å²) in [6.45, 7) is 7.20. The standard InChI is InChI=1S/C18H26N4O4/c1-11(2)16-21-17(26-22-16)15(13-6-9-24-10-7-13)20-18(23)19-12(3)14-5-4-8-25-14/h4-5,8,11-13,15H,6-7,9-10H2,1-3H3,(H2,19,20,23)/t12-,15+/m1/s1. The fourth-order valence-corrected chi connectivity index (χ4v) is 3.03. The van der Waals surface area contributed by atoms with Gasteiger partial charge in [0.05, 0.1) is 12.3 Å². The highest BCUT2D eigenvalue weighted by atomic mass is 16.5. The highest BCUT2D eigenvalue weighted by Gasteiger charge is 2.32. The zero-order valence-electron chi connectivity index (χ0n) is 15.4. The van der Waals surface area contributed by atoms with E-state index in [-0.39, 0.29) is 30.0 Å². The normalized spacial score (nSPS) is 17.8. The van der Waals surface area contributed by atoms with E-state index in [4.69, 9.17) is 13.7 Å². The van der Waals surface area contributed by atoms with E-state index in [2.05, 4.69) is 20.8 Å². The Kier molecular flexibility index (Phi) is 5.92. The molecule has 0 aromatic carbocycles. The van der Waals surface area contributed by atoms with Crippen molar-refractivity contribution in [2.24, 2.45) is 5.92 Å². The van der Waals surface area contributed by atoms with Crippen LogP contribution in [0.5, 0.6) is 0 Å². The van der Waals surface area contributed by atoms with Gasteiger partial charge in [-0.05, 0) is 37.8 Å². The highest BCUT2D eigenvalue weighted by molar-refractivity contribution is 5.74. The summed E-state index contributed by atoms with van der Waals surface area (Å²) in [6.07, 6.45) is 3.25. The second-order valence-electron chi connectivity index (χ2n) is 6.93. The molecule has 0 bridgehead atoms. The second kappa shape index (κ2) is 8.35. The molecule has 0 aliphatic carbocycles. The van der Waals surface area contributed by atoms with E-state index in [1.807, 2.05) is 26.8 Å². The molecule has 3 rings (SSSR count). The van der Waals surface area contributed by atoms with Crippen LogP contribution >= 0.6 is 0 Å². The van der Waals surface area contributed by atoms with Gasteiger partial charge in [0.2, 0.25) is 5.89 Å². The van der Waals surface area contributed by atoms with Crippen molar-refractivity contribution in [1.29, 1.82) is 0 Å². The maximum absolute atomic E-state index is 12.5. The van der Waals surface area contributed by atoms with E-state index in [9.17, 15) is 4.79 Å². The lowest BCUT2D eigenvalue weighted by Crippen LogP contribution is -2.42. The second-order valence-corrected chi connectivity index (χ2v) is 6.93. The Morgan fingerprint density at radius 1 is 1.23 bits per heavy atom. The number of hydrogen-bond acceptors (Lipinski definition) is 6. The zero-order chi connectivity index (χ0) is 18.5. The van der Waals surface area contributed by atoms with E-state index in [1.54, 1.807) is 12.3 Å². The fourth-order valence-electron chi connectivity index (χ4n) is 3.03. The molecule has 0 saturated carbocycles. The number of nitrogens with zero attached hydrogens (tertiary/aromatic N) is 2. The minimum atomic E-state index is -0.345. The summed E-state index contributed by atoms with van der Waals surface area (Å²) in [5, 5.41) is 9.93. The van der Waals surface area contributed by atoms with Gasteiger partial charge in [-0.2, -0.15) is 4.98 Å². The van der Waals surface area contributed by atoms with Gasteiger partial charge in [0.1, 0.15) is 11.8 Å². The van der Waals surface area contributed by atoms with Crippen molar-refractivity contribution in [3.8, 4) is 0 Å². The van der Waals surface area contributed by atoms with Crippen LogP contribution in [0, 0.1) is 5.92 Å². The average molecular weight is 362 g/mol. The molecule has 8 heteroatoms. The number of aromatic nitrogens is 2. The van der Waals surface area contributed by atoms with Gasteiger partial charge in [-0.3, -0.25) is 0 Å². The van der Waals surface area contributed by atoms with E-state index in [1.165, 1.54) is 0 Å². The third kappa shape index (κ3) is 4.43. The van der Waals surface area contributed by atoms with Crippen LogP contribution < -0.4 is 10.6 Å². The first kappa shape index (κ1) is 18.4. The summed E-state index contributed by atoms with van der Waals surface area (Å²) in [7, 11) is 0.